The molecule has 0 unspecified atom stereocenters. The fourth-order valence-electron chi connectivity index (χ4n) is 5.82. The summed E-state index contributed by atoms with van der Waals surface area (Å²) in [4.78, 5) is 69.2. The van der Waals surface area contributed by atoms with Gasteiger partial charge in [0, 0.05) is 12.5 Å². The molecule has 0 N–H and O–H groups in total. The average molecular weight is 652 g/mol. The van der Waals surface area contributed by atoms with E-state index >= 15 is 0 Å². The standard InChI is InChI=1S/C36H29NO9S/c1-22(38)43-21-36(30(39)23-13-5-2-6-14-23)31(44-25-17-9-4-10-18-25)29(45-34(42)24-15-7-3-8-16-24)28(35(47)46-36)37-32(40)26-19-11-12-20-27(26)33(37)41/h2-20,28-29,31,35,47H,21H2,1H3/t28-,29+,31-,35-,36-/m0/s1. The van der Waals surface area contributed by atoms with Crippen molar-refractivity contribution in [2.24, 2.45) is 0 Å². The minimum Gasteiger partial charge on any atom is -0.483 e. The maximum Gasteiger partial charge on any atom is 0.338 e. The molecule has 5 atom stereocenters. The van der Waals surface area contributed by atoms with E-state index in [9.17, 15) is 24.0 Å². The first-order valence-electron chi connectivity index (χ1n) is 14.7. The fourth-order valence-corrected chi connectivity index (χ4v) is 6.32. The van der Waals surface area contributed by atoms with Crippen LogP contribution >= 0.6 is 12.6 Å². The summed E-state index contributed by atoms with van der Waals surface area (Å²) in [6, 6.07) is 29.4. The van der Waals surface area contributed by atoms with Crippen LogP contribution in [0.4, 0.5) is 0 Å². The highest BCUT2D eigenvalue weighted by Gasteiger charge is 2.65. The van der Waals surface area contributed by atoms with Gasteiger partial charge < -0.3 is 18.9 Å². The van der Waals surface area contributed by atoms with Crippen LogP contribution in [0.3, 0.4) is 0 Å². The largest absolute Gasteiger partial charge is 0.483 e. The second-order valence-electron chi connectivity index (χ2n) is 11.0. The zero-order valence-electron chi connectivity index (χ0n) is 25.1. The van der Waals surface area contributed by atoms with Gasteiger partial charge in [-0.25, -0.2) is 4.79 Å². The number of carbonyl (C=O) groups is 5. The molecule has 0 radical (unpaired) electrons. The molecule has 2 aliphatic heterocycles. The molecule has 11 heteroatoms. The highest BCUT2D eigenvalue weighted by atomic mass is 32.1. The Kier molecular flexibility index (Phi) is 8.93. The van der Waals surface area contributed by atoms with Crippen LogP contribution in [0.25, 0.3) is 0 Å². The zero-order chi connectivity index (χ0) is 33.1. The molecule has 4 aromatic carbocycles. The molecule has 238 valence electrons. The van der Waals surface area contributed by atoms with Crippen molar-refractivity contribution in [2.45, 2.75) is 36.2 Å². The first-order chi connectivity index (χ1) is 22.7. The molecule has 2 aliphatic rings. The van der Waals surface area contributed by atoms with Crippen molar-refractivity contribution < 1.29 is 42.9 Å². The van der Waals surface area contributed by atoms with Gasteiger partial charge in [-0.15, -0.1) is 12.6 Å². The van der Waals surface area contributed by atoms with E-state index < -0.39 is 65.4 Å². The van der Waals surface area contributed by atoms with Crippen LogP contribution in [-0.4, -0.2) is 70.3 Å². The molecule has 0 bridgehead atoms. The van der Waals surface area contributed by atoms with E-state index in [0.29, 0.717) is 0 Å². The van der Waals surface area contributed by atoms with Gasteiger partial charge in [-0.3, -0.25) is 24.1 Å². The van der Waals surface area contributed by atoms with E-state index in [1.54, 1.807) is 91.0 Å². The van der Waals surface area contributed by atoms with Crippen LogP contribution in [-0.2, 0) is 19.0 Å². The maximum atomic E-state index is 14.6. The highest BCUT2D eigenvalue weighted by Crippen LogP contribution is 2.42. The second-order valence-corrected chi connectivity index (χ2v) is 11.5. The molecule has 6 rings (SSSR count). The molecule has 2 amide bonds. The molecule has 1 fully saturated rings. The van der Waals surface area contributed by atoms with E-state index in [1.807, 2.05) is 0 Å². The number of esters is 2. The Morgan fingerprint density at radius 2 is 1.28 bits per heavy atom. The van der Waals surface area contributed by atoms with Gasteiger partial charge in [0.25, 0.3) is 11.8 Å². The molecule has 0 saturated carbocycles. The summed E-state index contributed by atoms with van der Waals surface area (Å²) < 4.78 is 24.5. The van der Waals surface area contributed by atoms with Crippen molar-refractivity contribution in [3.05, 3.63) is 138 Å². The van der Waals surface area contributed by atoms with Gasteiger partial charge in [-0.1, -0.05) is 78.9 Å². The summed E-state index contributed by atoms with van der Waals surface area (Å²) in [5.74, 6) is -3.30. The van der Waals surface area contributed by atoms with E-state index in [-0.39, 0.29) is 28.0 Å². The number of thiol groups is 1. The zero-order valence-corrected chi connectivity index (χ0v) is 25.9. The minimum atomic E-state index is -2.17. The Labute approximate surface area is 275 Å². The Morgan fingerprint density at radius 3 is 1.83 bits per heavy atom. The first kappa shape index (κ1) is 31.7. The summed E-state index contributed by atoms with van der Waals surface area (Å²) in [5.41, 5.74) is -2.98. The molecule has 4 aromatic rings. The summed E-state index contributed by atoms with van der Waals surface area (Å²) in [7, 11) is 0. The topological polar surface area (TPSA) is 126 Å². The lowest BCUT2D eigenvalue weighted by Gasteiger charge is -2.51. The summed E-state index contributed by atoms with van der Waals surface area (Å²) in [6.07, 6.45) is -3.15. The predicted molar refractivity (Wildman–Crippen MR) is 171 cm³/mol. The molecule has 47 heavy (non-hydrogen) atoms. The lowest BCUT2D eigenvalue weighted by molar-refractivity contribution is -0.213. The molecule has 0 aliphatic carbocycles. The number of amides is 2. The maximum absolute atomic E-state index is 14.6. The van der Waals surface area contributed by atoms with Gasteiger partial charge in [0.05, 0.1) is 16.7 Å². The third-order valence-electron chi connectivity index (χ3n) is 8.01. The summed E-state index contributed by atoms with van der Waals surface area (Å²) >= 11 is 4.68. The van der Waals surface area contributed by atoms with Gasteiger partial charge in [0.2, 0.25) is 11.4 Å². The number of benzene rings is 4. The number of fused-ring (bicyclic) bond motifs is 1. The van der Waals surface area contributed by atoms with E-state index in [0.717, 1.165) is 4.90 Å². The van der Waals surface area contributed by atoms with Crippen molar-refractivity contribution in [1.29, 1.82) is 0 Å². The Morgan fingerprint density at radius 1 is 0.766 bits per heavy atom. The molecule has 0 spiro atoms. The van der Waals surface area contributed by atoms with Gasteiger partial charge >= 0.3 is 11.9 Å². The number of rotatable bonds is 9. The van der Waals surface area contributed by atoms with Crippen molar-refractivity contribution in [2.75, 3.05) is 6.61 Å². The van der Waals surface area contributed by atoms with Gasteiger partial charge in [0.1, 0.15) is 23.8 Å². The van der Waals surface area contributed by atoms with Crippen molar-refractivity contribution >= 4 is 42.2 Å². The van der Waals surface area contributed by atoms with E-state index in [4.69, 9.17) is 18.9 Å². The Bertz CT molecular complexity index is 1780. The number of hydrogen-bond acceptors (Lipinski definition) is 10. The lowest BCUT2D eigenvalue weighted by atomic mass is 9.80. The summed E-state index contributed by atoms with van der Waals surface area (Å²) in [5, 5.41) is 0. The lowest BCUT2D eigenvalue weighted by Crippen LogP contribution is -2.74. The monoisotopic (exact) mass is 651 g/mol. The smallest absolute Gasteiger partial charge is 0.338 e. The number of nitrogens with zero attached hydrogens (tertiary/aromatic N) is 1. The van der Waals surface area contributed by atoms with Crippen LogP contribution in [0.5, 0.6) is 5.75 Å². The molecule has 10 nitrogen and oxygen atoms in total. The number of imide groups is 1. The van der Waals surface area contributed by atoms with Gasteiger partial charge in [-0.2, -0.15) is 0 Å². The molecule has 1 saturated heterocycles. The normalized spacial score (nSPS) is 23.5. The third-order valence-corrected chi connectivity index (χ3v) is 8.42. The first-order valence-corrected chi connectivity index (χ1v) is 15.3. The molecule has 0 aromatic heterocycles. The number of ketones is 1. The van der Waals surface area contributed by atoms with E-state index in [2.05, 4.69) is 12.6 Å². The van der Waals surface area contributed by atoms with Crippen LogP contribution in [0, 0.1) is 0 Å². The van der Waals surface area contributed by atoms with Crippen LogP contribution in [0.2, 0.25) is 0 Å². The fraction of sp³-hybridized carbons (Fsp3) is 0.194. The number of hydrogen-bond donors (Lipinski definition) is 1. The van der Waals surface area contributed by atoms with E-state index in [1.165, 1.54) is 31.2 Å². The van der Waals surface area contributed by atoms with Crippen molar-refractivity contribution in [3.63, 3.8) is 0 Å². The van der Waals surface area contributed by atoms with Gasteiger partial charge in [-0.05, 0) is 36.4 Å². The highest BCUT2D eigenvalue weighted by molar-refractivity contribution is 7.80. The van der Waals surface area contributed by atoms with Crippen LogP contribution in [0.15, 0.2) is 115 Å². The predicted octanol–water partition coefficient (Wildman–Crippen LogP) is 4.80. The number of para-hydroxylation sites is 1. The summed E-state index contributed by atoms with van der Waals surface area (Å²) in [6.45, 7) is 0.502. The molecular formula is C36H29NO9S. The third kappa shape index (κ3) is 6.02. The van der Waals surface area contributed by atoms with Gasteiger partial charge in [0.15, 0.2) is 12.2 Å². The van der Waals surface area contributed by atoms with Crippen molar-refractivity contribution in [1.82, 2.24) is 4.90 Å². The number of carbonyl (C=O) groups excluding carboxylic acids is 5. The Hall–Kier alpha value is -5.26. The minimum absolute atomic E-state index is 0.142. The van der Waals surface area contributed by atoms with Crippen molar-refractivity contribution in [3.8, 4) is 5.75 Å². The Balaban J connectivity index is 1.55. The second kappa shape index (κ2) is 13.2. The molecule has 2 heterocycles. The molecular weight excluding hydrogens is 622 g/mol. The number of Topliss-reactive ketones (excluding diaryl/α,β-unsaturated/α-hetero) is 1. The number of ether oxygens (including phenoxy) is 4. The van der Waals surface area contributed by atoms with Crippen LogP contribution in [0.1, 0.15) is 48.4 Å². The quantitative estimate of drug-likeness (QED) is 0.118. The average Bonchev–Trinajstić information content (AvgIpc) is 3.34. The van der Waals surface area contributed by atoms with Crippen LogP contribution < -0.4 is 4.74 Å². The SMILES string of the molecule is CC(=O)OC[C@@]1(C(=O)c2ccccc2)O[C@@H](S)[C@@H](N2C(=O)c3ccccc3C2=O)[C@@H](OC(=O)c2ccccc2)[C@@H]1Oc1ccccc1.